The largest absolute Gasteiger partial charge is 0.497 e. The first-order valence-electron chi connectivity index (χ1n) is 14.7. The highest BCUT2D eigenvalue weighted by molar-refractivity contribution is 5.93. The maximum absolute atomic E-state index is 12.7. The molecule has 0 saturated carbocycles. The lowest BCUT2D eigenvalue weighted by molar-refractivity contribution is 0.121. The van der Waals surface area contributed by atoms with Gasteiger partial charge in [-0.15, -0.1) is 0 Å². The summed E-state index contributed by atoms with van der Waals surface area (Å²) in [5, 5.41) is 14.1. The van der Waals surface area contributed by atoms with Crippen LogP contribution in [0.1, 0.15) is 22.9 Å². The average molecular weight is 599 g/mol. The van der Waals surface area contributed by atoms with E-state index in [0.717, 1.165) is 60.1 Å². The molecular formula is C30H34N10O4. The van der Waals surface area contributed by atoms with Crippen molar-refractivity contribution in [2.45, 2.75) is 13.0 Å². The van der Waals surface area contributed by atoms with Crippen molar-refractivity contribution in [1.29, 1.82) is 0 Å². The number of benzene rings is 2. The van der Waals surface area contributed by atoms with E-state index in [0.29, 0.717) is 50.1 Å². The maximum Gasteiger partial charge on any atom is 0.321 e. The van der Waals surface area contributed by atoms with Crippen molar-refractivity contribution in [2.75, 3.05) is 80.1 Å². The predicted molar refractivity (Wildman–Crippen MR) is 164 cm³/mol. The van der Waals surface area contributed by atoms with Gasteiger partial charge in [0.15, 0.2) is 0 Å². The molecule has 5 heterocycles. The van der Waals surface area contributed by atoms with Gasteiger partial charge >= 0.3 is 6.03 Å². The van der Waals surface area contributed by atoms with E-state index < -0.39 is 0 Å². The summed E-state index contributed by atoms with van der Waals surface area (Å²) in [5.74, 6) is 3.10. The van der Waals surface area contributed by atoms with Crippen molar-refractivity contribution in [1.82, 2.24) is 30.0 Å². The van der Waals surface area contributed by atoms with Crippen molar-refractivity contribution >= 4 is 35.4 Å². The number of anilines is 5. The summed E-state index contributed by atoms with van der Waals surface area (Å²) < 4.78 is 18.1. The van der Waals surface area contributed by atoms with E-state index in [-0.39, 0.29) is 12.1 Å². The number of methoxy groups -OCH3 is 1. The van der Waals surface area contributed by atoms with E-state index in [2.05, 4.69) is 25.8 Å². The molecule has 2 amide bonds. The third kappa shape index (κ3) is 5.56. The van der Waals surface area contributed by atoms with Crippen LogP contribution in [0.15, 0.2) is 48.5 Å². The van der Waals surface area contributed by atoms with Gasteiger partial charge in [0, 0.05) is 37.4 Å². The van der Waals surface area contributed by atoms with Crippen LogP contribution in [-0.2, 0) is 9.47 Å². The van der Waals surface area contributed by atoms with Gasteiger partial charge in [0.25, 0.3) is 0 Å². The van der Waals surface area contributed by atoms with Crippen molar-refractivity contribution < 1.29 is 19.0 Å². The Hall–Kier alpha value is -4.95. The van der Waals surface area contributed by atoms with Crippen LogP contribution >= 0.6 is 0 Å². The molecule has 2 aromatic heterocycles. The van der Waals surface area contributed by atoms with Gasteiger partial charge in [0.05, 0.1) is 51.0 Å². The number of rotatable bonds is 7. The lowest BCUT2D eigenvalue weighted by Gasteiger charge is -2.30. The molecule has 3 aliphatic rings. The second-order valence-electron chi connectivity index (χ2n) is 10.7. The molecule has 2 saturated heterocycles. The summed E-state index contributed by atoms with van der Waals surface area (Å²) in [5.41, 5.74) is 4.27. The summed E-state index contributed by atoms with van der Waals surface area (Å²) >= 11 is 0. The number of morpholine rings is 2. The molecule has 14 nitrogen and oxygen atoms in total. The first-order chi connectivity index (χ1) is 21.6. The number of ether oxygens (including phenoxy) is 3. The molecule has 0 radical (unpaired) electrons. The van der Waals surface area contributed by atoms with Gasteiger partial charge in [-0.2, -0.15) is 20.1 Å². The molecular weight excluding hydrogens is 564 g/mol. The van der Waals surface area contributed by atoms with Crippen molar-refractivity contribution in [3.05, 3.63) is 65.4 Å². The number of aryl methyl sites for hydroxylation is 1. The number of urea groups is 1. The lowest BCUT2D eigenvalue weighted by Crippen LogP contribution is -2.40. The van der Waals surface area contributed by atoms with Crippen LogP contribution in [0, 0.1) is 6.92 Å². The summed E-state index contributed by atoms with van der Waals surface area (Å²) in [6, 6.07) is 14.8. The number of carbonyl (C=O) groups is 1. The molecule has 4 aromatic rings. The summed E-state index contributed by atoms with van der Waals surface area (Å²) in [7, 11) is 1.63. The maximum atomic E-state index is 12.7. The third-order valence-corrected chi connectivity index (χ3v) is 7.92. The van der Waals surface area contributed by atoms with Crippen molar-refractivity contribution in [2.24, 2.45) is 0 Å². The fraction of sp³-hybridized carbons (Fsp3) is 0.367. The summed E-state index contributed by atoms with van der Waals surface area (Å²) in [4.78, 5) is 31.2. The van der Waals surface area contributed by atoms with Crippen molar-refractivity contribution in [3.63, 3.8) is 0 Å². The zero-order valence-corrected chi connectivity index (χ0v) is 24.6. The number of aromatic nitrogens is 5. The predicted octanol–water partition coefficient (Wildman–Crippen LogP) is 3.02. The smallest absolute Gasteiger partial charge is 0.321 e. The van der Waals surface area contributed by atoms with Gasteiger partial charge in [-0.1, -0.05) is 12.1 Å². The quantitative estimate of drug-likeness (QED) is 0.289. The SMILES string of the molecule is COc1ccc(C2NC(=O)Nc3c2c(C)nn3-c2ccc(Nc3nc(N4CCOCC4)nc(N4CCOCC4)n3)cc2)cc1. The van der Waals surface area contributed by atoms with Crippen molar-refractivity contribution in [3.8, 4) is 11.4 Å². The normalized spacial score (nSPS) is 18.3. The minimum Gasteiger partial charge on any atom is -0.497 e. The Morgan fingerprint density at radius 1 is 0.864 bits per heavy atom. The van der Waals surface area contributed by atoms with Gasteiger partial charge in [-0.05, 0) is 48.9 Å². The Morgan fingerprint density at radius 2 is 1.48 bits per heavy atom. The highest BCUT2D eigenvalue weighted by Crippen LogP contribution is 2.36. The zero-order chi connectivity index (χ0) is 30.0. The third-order valence-electron chi connectivity index (χ3n) is 7.92. The Labute approximate surface area is 254 Å². The Kier molecular flexibility index (Phi) is 7.58. The van der Waals surface area contributed by atoms with E-state index in [4.69, 9.17) is 34.3 Å². The second kappa shape index (κ2) is 12.0. The molecule has 1 atom stereocenters. The van der Waals surface area contributed by atoms with Gasteiger partial charge in [-0.25, -0.2) is 9.48 Å². The molecule has 228 valence electrons. The number of carbonyl (C=O) groups excluding carboxylic acids is 1. The average Bonchev–Trinajstić information content (AvgIpc) is 3.41. The highest BCUT2D eigenvalue weighted by Gasteiger charge is 2.32. The zero-order valence-electron chi connectivity index (χ0n) is 24.6. The van der Waals surface area contributed by atoms with Gasteiger partial charge in [-0.3, -0.25) is 5.32 Å². The number of hydrogen-bond acceptors (Lipinski definition) is 11. The van der Waals surface area contributed by atoms with E-state index in [9.17, 15) is 4.79 Å². The van der Waals surface area contributed by atoms with Crippen LogP contribution in [0.5, 0.6) is 5.75 Å². The molecule has 2 fully saturated rings. The molecule has 2 aromatic carbocycles. The van der Waals surface area contributed by atoms with Gasteiger partial charge in [0.1, 0.15) is 11.6 Å². The topological polar surface area (TPSA) is 144 Å². The molecule has 3 N–H and O–H groups in total. The fourth-order valence-electron chi connectivity index (χ4n) is 5.62. The fourth-order valence-corrected chi connectivity index (χ4v) is 5.62. The molecule has 44 heavy (non-hydrogen) atoms. The lowest BCUT2D eigenvalue weighted by atomic mass is 9.97. The Morgan fingerprint density at radius 3 is 2.07 bits per heavy atom. The number of hydrogen-bond donors (Lipinski definition) is 3. The molecule has 0 aliphatic carbocycles. The Bertz CT molecular complexity index is 1590. The van der Waals surface area contributed by atoms with Crippen LogP contribution < -0.4 is 30.5 Å². The number of fused-ring (bicyclic) bond motifs is 1. The van der Waals surface area contributed by atoms with E-state index in [1.54, 1.807) is 11.8 Å². The molecule has 3 aliphatic heterocycles. The Balaban J connectivity index is 1.16. The van der Waals surface area contributed by atoms with Crippen LogP contribution in [0.25, 0.3) is 5.69 Å². The van der Waals surface area contributed by atoms with E-state index >= 15 is 0 Å². The van der Waals surface area contributed by atoms with Crippen LogP contribution in [0.4, 0.5) is 34.1 Å². The molecule has 0 bridgehead atoms. The number of amides is 2. The second-order valence-corrected chi connectivity index (χ2v) is 10.7. The first kappa shape index (κ1) is 27.9. The number of nitrogens with one attached hydrogen (secondary N) is 3. The molecule has 0 spiro atoms. The van der Waals surface area contributed by atoms with Gasteiger partial charge < -0.3 is 34.6 Å². The van der Waals surface area contributed by atoms with E-state index in [1.807, 2.05) is 55.5 Å². The number of nitrogens with zero attached hydrogens (tertiary/aromatic N) is 7. The molecule has 1 unspecified atom stereocenters. The van der Waals surface area contributed by atoms with Crippen LogP contribution in [0.3, 0.4) is 0 Å². The standard InChI is InChI=1S/C30H34N10O4/c1-19-24-25(20-3-9-23(42-2)10-4-20)32-30(41)33-26(24)40(37-19)22-7-5-21(6-8-22)31-27-34-28(38-11-15-43-16-12-38)36-29(35-27)39-13-17-44-18-14-39/h3-10,25H,11-18H2,1-2H3,(H2,32,33,41)(H,31,34,35,36). The minimum atomic E-state index is -0.343. The van der Waals surface area contributed by atoms with Crippen LogP contribution in [0.2, 0.25) is 0 Å². The first-order valence-corrected chi connectivity index (χ1v) is 14.7. The van der Waals surface area contributed by atoms with Gasteiger partial charge in [0.2, 0.25) is 17.8 Å². The monoisotopic (exact) mass is 598 g/mol. The molecule has 7 rings (SSSR count). The summed E-state index contributed by atoms with van der Waals surface area (Å²) in [6.45, 7) is 7.37. The molecule has 14 heteroatoms. The van der Waals surface area contributed by atoms with E-state index in [1.165, 1.54) is 0 Å². The summed E-state index contributed by atoms with van der Waals surface area (Å²) in [6.07, 6.45) is 0. The van der Waals surface area contributed by atoms with Crippen LogP contribution in [-0.4, -0.2) is 90.5 Å². The highest BCUT2D eigenvalue weighted by atomic mass is 16.5. The minimum absolute atomic E-state index is 0.292.